The van der Waals surface area contributed by atoms with E-state index < -0.39 is 0 Å². The summed E-state index contributed by atoms with van der Waals surface area (Å²) in [5.41, 5.74) is 3.79. The number of nitrogens with zero attached hydrogens (tertiary/aromatic N) is 2. The number of aromatic nitrogens is 2. The number of aryl methyl sites for hydroxylation is 1. The third-order valence-electron chi connectivity index (χ3n) is 3.52. The van der Waals surface area contributed by atoms with Gasteiger partial charge in [0.25, 0.3) is 0 Å². The standard InChI is InChI=1S/C14H16IN3/c1-10-4-5-11(7-12(10)15)18-9-16-8-14(18)13-3-2-6-17-13/h4-5,7-9,13,17H,2-3,6H2,1H3. The summed E-state index contributed by atoms with van der Waals surface area (Å²) in [6, 6.07) is 7.00. The normalized spacial score (nSPS) is 19.3. The third-order valence-corrected chi connectivity index (χ3v) is 4.68. The largest absolute Gasteiger partial charge is 0.309 e. The molecule has 1 aliphatic heterocycles. The van der Waals surface area contributed by atoms with Crippen molar-refractivity contribution < 1.29 is 0 Å². The van der Waals surface area contributed by atoms with Crippen molar-refractivity contribution >= 4 is 22.6 Å². The molecule has 3 rings (SSSR count). The van der Waals surface area contributed by atoms with Gasteiger partial charge in [-0.05, 0) is 66.6 Å². The van der Waals surface area contributed by atoms with E-state index in [0.717, 1.165) is 6.54 Å². The highest BCUT2D eigenvalue weighted by molar-refractivity contribution is 14.1. The lowest BCUT2D eigenvalue weighted by atomic mass is 10.1. The van der Waals surface area contributed by atoms with Crippen LogP contribution in [0.25, 0.3) is 5.69 Å². The summed E-state index contributed by atoms with van der Waals surface area (Å²) in [5.74, 6) is 0. The van der Waals surface area contributed by atoms with Crippen LogP contribution in [0.5, 0.6) is 0 Å². The highest BCUT2D eigenvalue weighted by Crippen LogP contribution is 2.26. The van der Waals surface area contributed by atoms with Gasteiger partial charge in [-0.15, -0.1) is 0 Å². The zero-order chi connectivity index (χ0) is 12.5. The van der Waals surface area contributed by atoms with E-state index in [1.54, 1.807) is 0 Å². The first-order chi connectivity index (χ1) is 8.75. The molecule has 18 heavy (non-hydrogen) atoms. The molecular formula is C14H16IN3. The van der Waals surface area contributed by atoms with Crippen molar-refractivity contribution in [2.75, 3.05) is 6.54 Å². The zero-order valence-corrected chi connectivity index (χ0v) is 12.5. The number of halogens is 1. The Morgan fingerprint density at radius 3 is 3.06 bits per heavy atom. The summed E-state index contributed by atoms with van der Waals surface area (Å²) in [4.78, 5) is 4.32. The summed E-state index contributed by atoms with van der Waals surface area (Å²) < 4.78 is 3.49. The average molecular weight is 353 g/mol. The number of imidazole rings is 1. The topological polar surface area (TPSA) is 29.9 Å². The first-order valence-corrected chi connectivity index (χ1v) is 7.36. The molecule has 1 fully saturated rings. The monoisotopic (exact) mass is 353 g/mol. The summed E-state index contributed by atoms with van der Waals surface area (Å²) in [6.45, 7) is 3.25. The molecule has 4 heteroatoms. The lowest BCUT2D eigenvalue weighted by Gasteiger charge is -2.14. The summed E-state index contributed by atoms with van der Waals surface area (Å²) in [7, 11) is 0. The Kier molecular flexibility index (Phi) is 3.39. The molecule has 2 aromatic rings. The van der Waals surface area contributed by atoms with Gasteiger partial charge in [-0.1, -0.05) is 6.07 Å². The Labute approximate surface area is 121 Å². The van der Waals surface area contributed by atoms with E-state index in [-0.39, 0.29) is 0 Å². The molecule has 94 valence electrons. The van der Waals surface area contributed by atoms with Crippen LogP contribution in [-0.2, 0) is 0 Å². The Balaban J connectivity index is 2.00. The van der Waals surface area contributed by atoms with Crippen molar-refractivity contribution in [2.24, 2.45) is 0 Å². The van der Waals surface area contributed by atoms with Gasteiger partial charge in [0.15, 0.2) is 0 Å². The molecule has 1 saturated heterocycles. The SMILES string of the molecule is Cc1ccc(-n2cncc2C2CCCN2)cc1I. The van der Waals surface area contributed by atoms with Crippen LogP contribution >= 0.6 is 22.6 Å². The highest BCUT2D eigenvalue weighted by atomic mass is 127. The van der Waals surface area contributed by atoms with E-state index in [0.29, 0.717) is 6.04 Å². The maximum absolute atomic E-state index is 4.32. The van der Waals surface area contributed by atoms with Crippen LogP contribution in [-0.4, -0.2) is 16.1 Å². The zero-order valence-electron chi connectivity index (χ0n) is 10.4. The van der Waals surface area contributed by atoms with Gasteiger partial charge < -0.3 is 9.88 Å². The molecule has 3 nitrogen and oxygen atoms in total. The molecule has 0 spiro atoms. The quantitative estimate of drug-likeness (QED) is 0.841. The van der Waals surface area contributed by atoms with Crippen LogP contribution in [0.15, 0.2) is 30.7 Å². The molecule has 0 saturated carbocycles. The number of benzene rings is 1. The Morgan fingerprint density at radius 2 is 2.33 bits per heavy atom. The van der Waals surface area contributed by atoms with Crippen LogP contribution < -0.4 is 5.32 Å². The third kappa shape index (κ3) is 2.19. The summed E-state index contributed by atoms with van der Waals surface area (Å²) >= 11 is 2.39. The van der Waals surface area contributed by atoms with Gasteiger partial charge in [0, 0.05) is 15.3 Å². The Morgan fingerprint density at radius 1 is 1.44 bits per heavy atom. The van der Waals surface area contributed by atoms with Crippen LogP contribution in [0.4, 0.5) is 0 Å². The van der Waals surface area contributed by atoms with Crippen LogP contribution in [0.2, 0.25) is 0 Å². The van der Waals surface area contributed by atoms with Gasteiger partial charge in [-0.2, -0.15) is 0 Å². The van der Waals surface area contributed by atoms with Gasteiger partial charge in [0.1, 0.15) is 0 Å². The fraction of sp³-hybridized carbons (Fsp3) is 0.357. The Hall–Kier alpha value is -0.880. The van der Waals surface area contributed by atoms with Gasteiger partial charge in [0.05, 0.1) is 18.2 Å². The van der Waals surface area contributed by atoms with E-state index in [4.69, 9.17) is 0 Å². The molecule has 1 atom stereocenters. The number of hydrogen-bond donors (Lipinski definition) is 1. The fourth-order valence-corrected chi connectivity index (χ4v) is 2.95. The lowest BCUT2D eigenvalue weighted by Crippen LogP contribution is -2.16. The molecule has 0 amide bonds. The molecule has 0 bridgehead atoms. The van der Waals surface area contributed by atoms with Crippen molar-refractivity contribution in [3.05, 3.63) is 45.6 Å². The maximum atomic E-state index is 4.32. The predicted molar refractivity (Wildman–Crippen MR) is 81.0 cm³/mol. The van der Waals surface area contributed by atoms with Gasteiger partial charge in [-0.3, -0.25) is 0 Å². The fourth-order valence-electron chi connectivity index (χ4n) is 2.45. The summed E-state index contributed by atoms with van der Waals surface area (Å²) in [6.07, 6.45) is 6.35. The maximum Gasteiger partial charge on any atom is 0.0994 e. The Bertz CT molecular complexity index is 556. The van der Waals surface area contributed by atoms with Crippen molar-refractivity contribution in [1.29, 1.82) is 0 Å². The first-order valence-electron chi connectivity index (χ1n) is 6.28. The van der Waals surface area contributed by atoms with Crippen LogP contribution in [0.3, 0.4) is 0 Å². The van der Waals surface area contributed by atoms with Gasteiger partial charge in [0.2, 0.25) is 0 Å². The van der Waals surface area contributed by atoms with E-state index in [1.165, 1.54) is 33.4 Å². The number of nitrogens with one attached hydrogen (secondary N) is 1. The van der Waals surface area contributed by atoms with E-state index in [1.807, 2.05) is 12.5 Å². The smallest absolute Gasteiger partial charge is 0.0994 e. The minimum atomic E-state index is 0.450. The molecule has 1 unspecified atom stereocenters. The molecule has 0 aliphatic carbocycles. The van der Waals surface area contributed by atoms with Gasteiger partial charge in [-0.25, -0.2) is 4.98 Å². The number of rotatable bonds is 2. The van der Waals surface area contributed by atoms with Crippen molar-refractivity contribution in [2.45, 2.75) is 25.8 Å². The molecule has 1 aromatic heterocycles. The van der Waals surface area contributed by atoms with Crippen molar-refractivity contribution in [1.82, 2.24) is 14.9 Å². The van der Waals surface area contributed by atoms with Crippen molar-refractivity contribution in [3.8, 4) is 5.69 Å². The van der Waals surface area contributed by atoms with Crippen LogP contribution in [0.1, 0.15) is 30.1 Å². The second-order valence-corrected chi connectivity index (χ2v) is 5.93. The first kappa shape index (κ1) is 12.2. The van der Waals surface area contributed by atoms with Gasteiger partial charge >= 0.3 is 0 Å². The predicted octanol–water partition coefficient (Wildman–Crippen LogP) is 3.21. The summed E-state index contributed by atoms with van der Waals surface area (Å²) in [5, 5.41) is 3.53. The molecule has 1 aliphatic rings. The van der Waals surface area contributed by atoms with E-state index in [9.17, 15) is 0 Å². The van der Waals surface area contributed by atoms with E-state index in [2.05, 4.69) is 62.6 Å². The number of hydrogen-bond acceptors (Lipinski definition) is 2. The minimum absolute atomic E-state index is 0.450. The highest BCUT2D eigenvalue weighted by Gasteiger charge is 2.20. The second kappa shape index (κ2) is 5.01. The van der Waals surface area contributed by atoms with Crippen LogP contribution in [0, 0.1) is 10.5 Å². The average Bonchev–Trinajstić information content (AvgIpc) is 3.00. The van der Waals surface area contributed by atoms with Crippen molar-refractivity contribution in [3.63, 3.8) is 0 Å². The molecular weight excluding hydrogens is 337 g/mol. The lowest BCUT2D eigenvalue weighted by molar-refractivity contribution is 0.615. The molecule has 2 heterocycles. The second-order valence-electron chi connectivity index (χ2n) is 4.77. The minimum Gasteiger partial charge on any atom is -0.309 e. The molecule has 1 N–H and O–H groups in total. The van der Waals surface area contributed by atoms with E-state index >= 15 is 0 Å². The molecule has 0 radical (unpaired) electrons. The molecule has 1 aromatic carbocycles.